The van der Waals surface area contributed by atoms with Crippen LogP contribution in [0, 0.1) is 35.4 Å². The molecule has 0 saturated heterocycles. The van der Waals surface area contributed by atoms with Gasteiger partial charge < -0.3 is 11.5 Å². The Balaban J connectivity index is 0.000000234. The van der Waals surface area contributed by atoms with Crippen LogP contribution in [-0.4, -0.2) is 9.97 Å². The maximum atomic E-state index is 13.1. The zero-order chi connectivity index (χ0) is 21.7. The van der Waals surface area contributed by atoms with Crippen molar-refractivity contribution in [2.24, 2.45) is 0 Å². The van der Waals surface area contributed by atoms with Crippen LogP contribution in [0.3, 0.4) is 0 Å². The number of rotatable bonds is 1. The van der Waals surface area contributed by atoms with E-state index in [1.165, 1.54) is 18.2 Å². The maximum absolute atomic E-state index is 13.1. The van der Waals surface area contributed by atoms with E-state index < -0.39 is 0 Å². The van der Waals surface area contributed by atoms with Crippen LogP contribution in [0.1, 0.15) is 17.0 Å². The molecule has 2 heterocycles. The molecule has 3 rings (SSSR count). The summed E-state index contributed by atoms with van der Waals surface area (Å²) in [6.45, 7) is 1.76. The van der Waals surface area contributed by atoms with Crippen molar-refractivity contribution in [1.29, 1.82) is 10.5 Å². The highest BCUT2D eigenvalue weighted by Gasteiger charge is 2.13. The molecule has 0 unspecified atom stereocenters. The molecule has 0 aliphatic rings. The van der Waals surface area contributed by atoms with E-state index >= 15 is 0 Å². The molecule has 0 radical (unpaired) electrons. The second-order valence-electron chi connectivity index (χ2n) is 5.63. The molecule has 0 saturated carbocycles. The van der Waals surface area contributed by atoms with Crippen LogP contribution in [0.2, 0.25) is 10.3 Å². The molecule has 4 N–H and O–H groups in total. The molecule has 0 spiro atoms. The number of nitrogen functional groups attached to an aromatic ring is 2. The van der Waals surface area contributed by atoms with Crippen LogP contribution >= 0.6 is 39.1 Å². The van der Waals surface area contributed by atoms with Gasteiger partial charge in [0.25, 0.3) is 0 Å². The Morgan fingerprint density at radius 3 is 2.03 bits per heavy atom. The minimum Gasteiger partial charge on any atom is -0.396 e. The van der Waals surface area contributed by atoms with E-state index in [1.54, 1.807) is 19.1 Å². The van der Waals surface area contributed by atoms with Crippen LogP contribution in [-0.2, 0) is 0 Å². The zero-order valence-corrected chi connectivity index (χ0v) is 17.9. The van der Waals surface area contributed by atoms with Crippen molar-refractivity contribution in [3.05, 3.63) is 67.9 Å². The Kier molecular flexibility index (Phi) is 7.35. The molecule has 0 aliphatic heterocycles. The molecule has 1 aromatic carbocycles. The lowest BCUT2D eigenvalue weighted by Crippen LogP contribution is -1.99. The lowest BCUT2D eigenvalue weighted by molar-refractivity contribution is 0.627. The summed E-state index contributed by atoms with van der Waals surface area (Å²) < 4.78 is 13.7. The second-order valence-corrected chi connectivity index (χ2v) is 7.26. The molecule has 0 aliphatic carbocycles. The number of nitrogens with two attached hydrogens (primary N) is 2. The minimum atomic E-state index is -0.324. The van der Waals surface area contributed by atoms with Gasteiger partial charge in [-0.15, -0.1) is 0 Å². The average Bonchev–Trinajstić information content (AvgIpc) is 2.67. The number of nitriles is 2. The van der Waals surface area contributed by atoms with Gasteiger partial charge in [-0.2, -0.15) is 10.5 Å². The van der Waals surface area contributed by atoms with Gasteiger partial charge in [0.05, 0.1) is 11.4 Å². The first-order valence-electron chi connectivity index (χ1n) is 7.82. The number of hydrogen-bond acceptors (Lipinski definition) is 6. The highest BCUT2D eigenvalue weighted by molar-refractivity contribution is 9.10. The third-order valence-corrected chi connectivity index (χ3v) is 4.74. The van der Waals surface area contributed by atoms with Crippen LogP contribution in [0.4, 0.5) is 15.8 Å². The summed E-state index contributed by atoms with van der Waals surface area (Å²) in [5.74, 6) is -0.324. The number of aromatic nitrogens is 2. The smallest absolute Gasteiger partial charge is 0.166 e. The van der Waals surface area contributed by atoms with Crippen molar-refractivity contribution in [1.82, 2.24) is 9.97 Å². The molecule has 29 heavy (non-hydrogen) atoms. The van der Waals surface area contributed by atoms with Crippen LogP contribution in [0.15, 0.2) is 34.8 Å². The summed E-state index contributed by atoms with van der Waals surface area (Å²) in [4.78, 5) is 7.53. The highest BCUT2D eigenvalue weighted by Crippen LogP contribution is 2.32. The number of aryl methyl sites for hydroxylation is 1. The topological polar surface area (TPSA) is 125 Å². The van der Waals surface area contributed by atoms with Crippen molar-refractivity contribution >= 4 is 50.5 Å². The minimum absolute atomic E-state index is 0.0706. The Labute approximate surface area is 184 Å². The van der Waals surface area contributed by atoms with Gasteiger partial charge >= 0.3 is 0 Å². The largest absolute Gasteiger partial charge is 0.396 e. The molecule has 0 bridgehead atoms. The van der Waals surface area contributed by atoms with E-state index in [9.17, 15) is 4.39 Å². The fraction of sp³-hybridized carbons (Fsp3) is 0.0526. The quantitative estimate of drug-likeness (QED) is 0.445. The molecule has 0 atom stereocenters. The maximum Gasteiger partial charge on any atom is 0.166 e. The van der Waals surface area contributed by atoms with E-state index in [-0.39, 0.29) is 33.2 Å². The first-order chi connectivity index (χ1) is 13.7. The normalized spacial score (nSPS) is 9.76. The number of pyridine rings is 2. The van der Waals surface area contributed by atoms with Gasteiger partial charge in [0.1, 0.15) is 28.3 Å². The molecule has 10 heteroatoms. The molecular formula is C19H12BrCl2FN6. The number of halogens is 4. The monoisotopic (exact) mass is 492 g/mol. The SMILES string of the molecule is Cc1cc(F)ccc1-c1cc(Cl)nc(C#N)c1N.N#Cc1nc(Cl)cc(Br)c1N. The zero-order valence-electron chi connectivity index (χ0n) is 14.8. The number of anilines is 2. The van der Waals surface area contributed by atoms with Crippen molar-refractivity contribution in [3.63, 3.8) is 0 Å². The van der Waals surface area contributed by atoms with Gasteiger partial charge in [-0.05, 0) is 58.2 Å². The summed E-state index contributed by atoms with van der Waals surface area (Å²) >= 11 is 14.5. The fourth-order valence-electron chi connectivity index (χ4n) is 2.34. The van der Waals surface area contributed by atoms with E-state index in [4.69, 9.17) is 45.2 Å². The first kappa shape index (κ1) is 22.4. The number of hydrogen-bond donors (Lipinski definition) is 2. The van der Waals surface area contributed by atoms with Gasteiger partial charge in [-0.25, -0.2) is 14.4 Å². The molecule has 2 aromatic heterocycles. The number of benzene rings is 1. The third kappa shape index (κ3) is 5.33. The fourth-order valence-corrected chi connectivity index (χ4v) is 3.26. The average molecular weight is 494 g/mol. The third-order valence-electron chi connectivity index (χ3n) is 3.69. The predicted octanol–water partition coefficient (Wildman–Crippen LogP) is 5.25. The first-order valence-corrected chi connectivity index (χ1v) is 9.37. The second kappa shape index (κ2) is 9.53. The Bertz CT molecular complexity index is 1170. The molecular weight excluding hydrogens is 482 g/mol. The van der Waals surface area contributed by atoms with Crippen molar-refractivity contribution in [2.45, 2.75) is 6.92 Å². The lowest BCUT2D eigenvalue weighted by atomic mass is 9.99. The van der Waals surface area contributed by atoms with E-state index in [1.807, 2.05) is 12.1 Å². The number of nitrogens with zero attached hydrogens (tertiary/aromatic N) is 4. The van der Waals surface area contributed by atoms with E-state index in [2.05, 4.69) is 25.9 Å². The van der Waals surface area contributed by atoms with Crippen LogP contribution < -0.4 is 11.5 Å². The van der Waals surface area contributed by atoms with E-state index in [0.29, 0.717) is 21.3 Å². The standard InChI is InChI=1S/C13H9ClFN3.C6H3BrClN3/c1-7-4-8(15)2-3-9(7)10-5-12(14)18-11(6-16)13(10)17;7-3-1-5(8)11-4(2-9)6(3)10/h2-5H,17H2,1H3;1H,10H2. The summed E-state index contributed by atoms with van der Waals surface area (Å²) in [5, 5.41) is 17.8. The van der Waals surface area contributed by atoms with Gasteiger partial charge in [-0.1, -0.05) is 29.3 Å². The molecule has 146 valence electrons. The molecule has 6 nitrogen and oxygen atoms in total. The van der Waals surface area contributed by atoms with Gasteiger partial charge in [0.2, 0.25) is 0 Å². The summed E-state index contributed by atoms with van der Waals surface area (Å²) in [5.41, 5.74) is 14.1. The molecule has 3 aromatic rings. The van der Waals surface area contributed by atoms with Crippen LogP contribution in [0.25, 0.3) is 11.1 Å². The van der Waals surface area contributed by atoms with Crippen molar-refractivity contribution < 1.29 is 4.39 Å². The van der Waals surface area contributed by atoms with Crippen molar-refractivity contribution in [2.75, 3.05) is 11.5 Å². The molecule has 0 fully saturated rings. The van der Waals surface area contributed by atoms with Crippen molar-refractivity contribution in [3.8, 4) is 23.3 Å². The van der Waals surface area contributed by atoms with Gasteiger partial charge in [0, 0.05) is 10.0 Å². The molecule has 0 amide bonds. The van der Waals surface area contributed by atoms with Gasteiger partial charge in [0.15, 0.2) is 11.4 Å². The Hall–Kier alpha value is -2.91. The highest BCUT2D eigenvalue weighted by atomic mass is 79.9. The summed E-state index contributed by atoms with van der Waals surface area (Å²) in [7, 11) is 0. The van der Waals surface area contributed by atoms with Crippen LogP contribution in [0.5, 0.6) is 0 Å². The predicted molar refractivity (Wildman–Crippen MR) is 115 cm³/mol. The Morgan fingerprint density at radius 1 is 0.931 bits per heavy atom. The van der Waals surface area contributed by atoms with Gasteiger partial charge in [-0.3, -0.25) is 0 Å². The lowest BCUT2D eigenvalue weighted by Gasteiger charge is -2.10. The van der Waals surface area contributed by atoms with E-state index in [0.717, 1.165) is 5.56 Å². The Morgan fingerprint density at radius 2 is 1.48 bits per heavy atom. The summed E-state index contributed by atoms with van der Waals surface area (Å²) in [6, 6.07) is 11.2. The summed E-state index contributed by atoms with van der Waals surface area (Å²) in [6.07, 6.45) is 0.